The molecule has 8 amide bonds. The van der Waals surface area contributed by atoms with Crippen molar-refractivity contribution in [1.82, 2.24) is 47.1 Å². The highest BCUT2D eigenvalue weighted by Gasteiger charge is 2.44. The van der Waals surface area contributed by atoms with Crippen molar-refractivity contribution in [2.75, 3.05) is 99.4 Å². The molecule has 26 nitrogen and oxygen atoms in total. The monoisotopic (exact) mass is 1210 g/mol. The van der Waals surface area contributed by atoms with E-state index in [4.69, 9.17) is 23.7 Å². The number of rotatable bonds is 38. The van der Waals surface area contributed by atoms with Crippen molar-refractivity contribution < 1.29 is 81.8 Å². The van der Waals surface area contributed by atoms with Crippen molar-refractivity contribution >= 4 is 64.6 Å². The van der Waals surface area contributed by atoms with Gasteiger partial charge in [0.15, 0.2) is 0 Å². The number of likely N-dealkylation sites (tertiary alicyclic amines) is 1. The van der Waals surface area contributed by atoms with Gasteiger partial charge in [-0.1, -0.05) is 63.2 Å². The van der Waals surface area contributed by atoms with E-state index >= 15 is 0 Å². The SMILES string of the molecule is COC(=O)/C=C\CNC(=O)CNC(=O)[C@H](CNC(C)=O)NC(=O)[C@H](CCc1ccc(O)cc1)NC(=O)CCOCCOCCOCCOCCOCCC(=O)N[C@H](C(=O)N1C[C@H](O)C[C@H]1C(=O)NCc1ccc(-c2scnc2C)cc1)C(C)(C)C. The lowest BCUT2D eigenvalue weighted by Crippen LogP contribution is -2.57. The number of nitrogens with zero attached hydrogens (tertiary/aromatic N) is 2. The van der Waals surface area contributed by atoms with E-state index in [1.807, 2.05) is 52.0 Å². The second-order valence-electron chi connectivity index (χ2n) is 20.8. The van der Waals surface area contributed by atoms with Crippen molar-refractivity contribution in [1.29, 1.82) is 0 Å². The minimum Gasteiger partial charge on any atom is -0.508 e. The Morgan fingerprint density at radius 1 is 0.718 bits per heavy atom. The zero-order valence-electron chi connectivity index (χ0n) is 49.2. The Balaban J connectivity index is 1.06. The summed E-state index contributed by atoms with van der Waals surface area (Å²) in [7, 11) is 1.20. The van der Waals surface area contributed by atoms with Gasteiger partial charge in [0.25, 0.3) is 0 Å². The molecule has 0 saturated carbocycles. The van der Waals surface area contributed by atoms with Gasteiger partial charge in [0.1, 0.15) is 29.9 Å². The third-order valence-corrected chi connectivity index (χ3v) is 13.9. The standard InChI is InChI=1S/C58H83N9O17S/c1-38-52(85-37-63-38)42-14-9-41(10-15-42)33-61-56(77)47-32-44(70)36-67(47)57(78)53(58(3,4)5)66-49(72)20-23-81-25-27-83-29-31-84-30-28-82-26-24-80-22-19-48(71)64-45(18-13-40-11-16-43(69)17-12-40)55(76)65-46(34-60-39(2)68)54(75)62-35-50(73)59-21-7-8-51(74)79-6/h7-12,14-17,37,44-47,53,69-70H,13,18-36H2,1-6H3,(H,59,73)(H,60,68)(H,61,77)(H,62,75)(H,64,71)(H,65,76)(H,66,72)/b8-7-/t44-,45+,46+,47+,53-/m1/s1. The summed E-state index contributed by atoms with van der Waals surface area (Å²) in [4.78, 5) is 122. The predicted molar refractivity (Wildman–Crippen MR) is 311 cm³/mol. The molecule has 5 atom stereocenters. The molecule has 1 saturated heterocycles. The van der Waals surface area contributed by atoms with Crippen molar-refractivity contribution in [3.63, 3.8) is 0 Å². The fourth-order valence-electron chi connectivity index (χ4n) is 8.31. The summed E-state index contributed by atoms with van der Waals surface area (Å²) < 4.78 is 32.3. The fraction of sp³-hybridized carbons (Fsp3) is 0.552. The van der Waals surface area contributed by atoms with Crippen LogP contribution in [0.5, 0.6) is 5.75 Å². The number of aryl methyl sites for hydroxylation is 2. The van der Waals surface area contributed by atoms with Gasteiger partial charge in [-0.15, -0.1) is 11.3 Å². The van der Waals surface area contributed by atoms with E-state index in [1.54, 1.807) is 29.0 Å². The maximum absolute atomic E-state index is 14.0. The molecule has 0 spiro atoms. The molecule has 2 heterocycles. The Labute approximate surface area is 499 Å². The van der Waals surface area contributed by atoms with E-state index in [1.165, 1.54) is 37.1 Å². The van der Waals surface area contributed by atoms with E-state index < -0.39 is 95.5 Å². The Hall–Kier alpha value is -7.40. The van der Waals surface area contributed by atoms with Gasteiger partial charge in [0.05, 0.1) is 102 Å². The molecule has 0 radical (unpaired) electrons. The molecule has 1 aromatic heterocycles. The topological polar surface area (TPSA) is 350 Å². The normalized spacial score (nSPS) is 15.1. The summed E-state index contributed by atoms with van der Waals surface area (Å²) in [5.74, 6) is -4.95. The fourth-order valence-corrected chi connectivity index (χ4v) is 9.12. The first-order chi connectivity index (χ1) is 40.6. The van der Waals surface area contributed by atoms with Crippen LogP contribution in [0.2, 0.25) is 0 Å². The summed E-state index contributed by atoms with van der Waals surface area (Å²) >= 11 is 1.56. The number of esters is 1. The summed E-state index contributed by atoms with van der Waals surface area (Å²) in [6, 6.07) is 9.74. The van der Waals surface area contributed by atoms with E-state index in [9.17, 15) is 53.4 Å². The van der Waals surface area contributed by atoms with Crippen molar-refractivity contribution in [3.8, 4) is 16.2 Å². The quantitative estimate of drug-likeness (QED) is 0.0214. The molecule has 0 bridgehead atoms. The molecule has 1 aliphatic rings. The second kappa shape index (κ2) is 37.8. The molecule has 27 heteroatoms. The number of amides is 8. The summed E-state index contributed by atoms with van der Waals surface area (Å²) in [5.41, 5.74) is 4.69. The van der Waals surface area contributed by atoms with E-state index in [-0.39, 0.29) is 124 Å². The number of aliphatic hydroxyl groups is 1. The first-order valence-electron chi connectivity index (χ1n) is 28.0. The van der Waals surface area contributed by atoms with Crippen LogP contribution in [0.4, 0.5) is 0 Å². The number of carbonyl (C=O) groups is 9. The number of benzene rings is 2. The van der Waals surface area contributed by atoms with E-state index in [2.05, 4.69) is 46.9 Å². The maximum Gasteiger partial charge on any atom is 0.330 e. The number of ether oxygens (including phenoxy) is 6. The van der Waals surface area contributed by atoms with Crippen LogP contribution in [-0.2, 0) is 84.5 Å². The molecule has 4 rings (SSSR count). The third kappa shape index (κ3) is 27.0. The van der Waals surface area contributed by atoms with Crippen LogP contribution in [-0.4, -0.2) is 203 Å². The number of nitrogens with one attached hydrogen (secondary N) is 7. The Kier molecular flexibility index (Phi) is 31.2. The van der Waals surface area contributed by atoms with Crippen LogP contribution in [0.1, 0.15) is 70.2 Å². The van der Waals surface area contributed by atoms with Gasteiger partial charge in [-0.3, -0.25) is 38.4 Å². The number of thiazole rings is 1. The van der Waals surface area contributed by atoms with Gasteiger partial charge >= 0.3 is 5.97 Å². The molecule has 85 heavy (non-hydrogen) atoms. The van der Waals surface area contributed by atoms with Gasteiger partial charge in [0.2, 0.25) is 47.3 Å². The summed E-state index contributed by atoms with van der Waals surface area (Å²) in [5, 5.41) is 38.6. The predicted octanol–water partition coefficient (Wildman–Crippen LogP) is 0.496. The minimum atomic E-state index is -1.33. The number of β-amino-alcohol motifs (C(OH)–C–C–N with tert-alkyl or cyclic N) is 1. The Morgan fingerprint density at radius 2 is 1.29 bits per heavy atom. The number of aromatic nitrogens is 1. The number of hydrogen-bond acceptors (Lipinski definition) is 19. The summed E-state index contributed by atoms with van der Waals surface area (Å²) in [6.45, 7) is 10.0. The van der Waals surface area contributed by atoms with E-state index in [0.717, 1.165) is 33.3 Å². The van der Waals surface area contributed by atoms with Crippen molar-refractivity contribution in [2.24, 2.45) is 5.41 Å². The van der Waals surface area contributed by atoms with Gasteiger partial charge in [-0.25, -0.2) is 9.78 Å². The molecule has 0 aliphatic carbocycles. The van der Waals surface area contributed by atoms with Crippen molar-refractivity contribution in [3.05, 3.63) is 83.0 Å². The van der Waals surface area contributed by atoms with Crippen LogP contribution >= 0.6 is 11.3 Å². The number of phenols is 1. The van der Waals surface area contributed by atoms with Gasteiger partial charge in [-0.05, 0) is 54.0 Å². The Bertz CT molecular complexity index is 2650. The molecule has 0 unspecified atom stereocenters. The zero-order valence-corrected chi connectivity index (χ0v) is 50.0. The molecular weight excluding hydrogens is 1130 g/mol. The lowest BCUT2D eigenvalue weighted by Gasteiger charge is -2.35. The molecular formula is C58H83N9O17S. The van der Waals surface area contributed by atoms with Crippen LogP contribution in [0.25, 0.3) is 10.4 Å². The number of phenolic OH excluding ortho intramolecular Hbond substituents is 1. The zero-order chi connectivity index (χ0) is 62.2. The summed E-state index contributed by atoms with van der Waals surface area (Å²) in [6.07, 6.45) is 1.91. The molecule has 1 fully saturated rings. The van der Waals surface area contributed by atoms with Gasteiger partial charge < -0.3 is 80.8 Å². The van der Waals surface area contributed by atoms with Crippen LogP contribution in [0.3, 0.4) is 0 Å². The lowest BCUT2D eigenvalue weighted by molar-refractivity contribution is -0.144. The average molecular weight is 1210 g/mol. The molecule has 9 N–H and O–H groups in total. The van der Waals surface area contributed by atoms with Crippen LogP contribution in [0.15, 0.2) is 66.2 Å². The second-order valence-corrected chi connectivity index (χ2v) is 21.6. The minimum absolute atomic E-state index is 0.000687. The molecule has 1 aliphatic heterocycles. The van der Waals surface area contributed by atoms with Gasteiger partial charge in [-0.2, -0.15) is 0 Å². The highest BCUT2D eigenvalue weighted by molar-refractivity contribution is 7.13. The molecule has 468 valence electrons. The van der Waals surface area contributed by atoms with Crippen LogP contribution < -0.4 is 37.2 Å². The smallest absolute Gasteiger partial charge is 0.330 e. The third-order valence-electron chi connectivity index (χ3n) is 12.9. The molecule has 3 aromatic rings. The molecule has 2 aromatic carbocycles. The highest BCUT2D eigenvalue weighted by Crippen LogP contribution is 2.28. The number of aromatic hydroxyl groups is 1. The number of methoxy groups -OCH3 is 1. The first-order valence-corrected chi connectivity index (χ1v) is 28.9. The average Bonchev–Trinajstić information content (AvgIpc) is 2.92. The van der Waals surface area contributed by atoms with Crippen molar-refractivity contribution in [2.45, 2.75) is 104 Å². The van der Waals surface area contributed by atoms with E-state index in [0.29, 0.717) is 6.42 Å². The number of carbonyl (C=O) groups excluding carboxylic acids is 9. The van der Waals surface area contributed by atoms with Crippen LogP contribution in [0, 0.1) is 12.3 Å². The number of hydrogen-bond donors (Lipinski definition) is 9. The maximum atomic E-state index is 14.0. The Morgan fingerprint density at radius 3 is 1.85 bits per heavy atom. The van der Waals surface area contributed by atoms with Gasteiger partial charge in [0, 0.05) is 58.4 Å². The highest BCUT2D eigenvalue weighted by atomic mass is 32.1. The first kappa shape index (κ1) is 70.1. The lowest BCUT2D eigenvalue weighted by atomic mass is 9.85. The number of aliphatic hydroxyl groups excluding tert-OH is 1. The largest absolute Gasteiger partial charge is 0.508 e.